The van der Waals surface area contributed by atoms with Gasteiger partial charge < -0.3 is 19.1 Å². The molecule has 2 aromatic carbocycles. The van der Waals surface area contributed by atoms with Crippen molar-refractivity contribution in [2.24, 2.45) is 0 Å². The van der Waals surface area contributed by atoms with Crippen molar-refractivity contribution in [2.75, 3.05) is 26.9 Å². The fourth-order valence-corrected chi connectivity index (χ4v) is 3.32. The highest BCUT2D eigenvalue weighted by atomic mass is 16.5. The monoisotopic (exact) mass is 383 g/mol. The number of hydrogen-bond acceptors (Lipinski definition) is 4. The van der Waals surface area contributed by atoms with Crippen molar-refractivity contribution < 1.29 is 19.0 Å². The molecule has 0 aromatic heterocycles. The van der Waals surface area contributed by atoms with Gasteiger partial charge in [-0.1, -0.05) is 18.2 Å². The normalized spacial score (nSPS) is 16.0. The van der Waals surface area contributed by atoms with Gasteiger partial charge in [-0.15, -0.1) is 0 Å². The Kier molecular flexibility index (Phi) is 6.93. The first-order valence-corrected chi connectivity index (χ1v) is 9.77. The summed E-state index contributed by atoms with van der Waals surface area (Å²) in [6, 6.07) is 13.7. The number of carbonyl (C=O) groups excluding carboxylic acids is 1. The molecule has 0 radical (unpaired) electrons. The van der Waals surface area contributed by atoms with E-state index in [-0.39, 0.29) is 18.6 Å². The first-order chi connectivity index (χ1) is 13.5. The summed E-state index contributed by atoms with van der Waals surface area (Å²) < 4.78 is 16.8. The Balaban J connectivity index is 1.67. The van der Waals surface area contributed by atoms with Crippen molar-refractivity contribution in [3.05, 3.63) is 59.2 Å². The van der Waals surface area contributed by atoms with Crippen LogP contribution in [0.1, 0.15) is 29.5 Å². The summed E-state index contributed by atoms with van der Waals surface area (Å²) in [5.74, 6) is 1.46. The Morgan fingerprint density at radius 2 is 2.00 bits per heavy atom. The molecule has 0 saturated carbocycles. The number of nitrogens with zero attached hydrogens (tertiary/aromatic N) is 1. The van der Waals surface area contributed by atoms with Crippen LogP contribution in [0.2, 0.25) is 0 Å². The third-order valence-corrected chi connectivity index (χ3v) is 5.15. The number of carbonyl (C=O) groups is 1. The average Bonchev–Trinajstić information content (AvgIpc) is 3.21. The maximum Gasteiger partial charge on any atom is 0.260 e. The maximum atomic E-state index is 12.9. The zero-order valence-corrected chi connectivity index (χ0v) is 16.9. The molecule has 1 unspecified atom stereocenters. The molecule has 0 aliphatic carbocycles. The molecule has 1 fully saturated rings. The predicted octanol–water partition coefficient (Wildman–Crippen LogP) is 3.90. The molecule has 0 bridgehead atoms. The summed E-state index contributed by atoms with van der Waals surface area (Å²) in [6.07, 6.45) is 2.13. The highest BCUT2D eigenvalue weighted by Crippen LogP contribution is 2.19. The van der Waals surface area contributed by atoms with E-state index in [0.717, 1.165) is 42.1 Å². The molecule has 0 spiro atoms. The van der Waals surface area contributed by atoms with E-state index in [4.69, 9.17) is 14.2 Å². The van der Waals surface area contributed by atoms with E-state index < -0.39 is 0 Å². The first kappa shape index (κ1) is 20.2. The quantitative estimate of drug-likeness (QED) is 0.694. The van der Waals surface area contributed by atoms with E-state index in [0.29, 0.717) is 13.1 Å². The SMILES string of the molecule is COc1cccc(CN(CC2CCCO2)C(=O)COc2ccc(C)c(C)c2)c1. The molecule has 5 heteroatoms. The van der Waals surface area contributed by atoms with Crippen LogP contribution < -0.4 is 9.47 Å². The summed E-state index contributed by atoms with van der Waals surface area (Å²) in [5.41, 5.74) is 3.38. The summed E-state index contributed by atoms with van der Waals surface area (Å²) in [4.78, 5) is 14.8. The smallest absolute Gasteiger partial charge is 0.260 e. The van der Waals surface area contributed by atoms with Crippen LogP contribution in [0.25, 0.3) is 0 Å². The third-order valence-electron chi connectivity index (χ3n) is 5.15. The topological polar surface area (TPSA) is 48.0 Å². The standard InChI is InChI=1S/C23H29NO4/c1-17-9-10-21(12-18(17)2)28-16-23(25)24(15-22-8-5-11-27-22)14-19-6-4-7-20(13-19)26-3/h4,6-7,9-10,12-13,22H,5,8,11,14-16H2,1-3H3. The lowest BCUT2D eigenvalue weighted by Gasteiger charge is -2.26. The van der Waals surface area contributed by atoms with Gasteiger partial charge in [0, 0.05) is 19.7 Å². The Hall–Kier alpha value is -2.53. The maximum absolute atomic E-state index is 12.9. The molecule has 2 aromatic rings. The molecule has 1 aliphatic heterocycles. The van der Waals surface area contributed by atoms with Crippen molar-refractivity contribution in [1.82, 2.24) is 4.90 Å². The highest BCUT2D eigenvalue weighted by molar-refractivity contribution is 5.77. The summed E-state index contributed by atoms with van der Waals surface area (Å²) in [6.45, 7) is 5.96. The molecular weight excluding hydrogens is 354 g/mol. The molecule has 5 nitrogen and oxygen atoms in total. The number of methoxy groups -OCH3 is 1. The lowest BCUT2D eigenvalue weighted by Crippen LogP contribution is -2.39. The van der Waals surface area contributed by atoms with Crippen LogP contribution in [-0.2, 0) is 16.1 Å². The van der Waals surface area contributed by atoms with Gasteiger partial charge >= 0.3 is 0 Å². The van der Waals surface area contributed by atoms with Gasteiger partial charge in [-0.3, -0.25) is 4.79 Å². The summed E-state index contributed by atoms with van der Waals surface area (Å²) in [7, 11) is 1.64. The van der Waals surface area contributed by atoms with E-state index in [2.05, 4.69) is 6.92 Å². The molecule has 1 amide bonds. The van der Waals surface area contributed by atoms with Crippen molar-refractivity contribution in [2.45, 2.75) is 39.3 Å². The van der Waals surface area contributed by atoms with Crippen LogP contribution in [0, 0.1) is 13.8 Å². The fourth-order valence-electron chi connectivity index (χ4n) is 3.32. The Morgan fingerprint density at radius 3 is 2.71 bits per heavy atom. The van der Waals surface area contributed by atoms with Gasteiger partial charge in [0.05, 0.1) is 13.2 Å². The Bertz CT molecular complexity index is 799. The first-order valence-electron chi connectivity index (χ1n) is 9.77. The second kappa shape index (κ2) is 9.60. The Morgan fingerprint density at radius 1 is 1.14 bits per heavy atom. The van der Waals surface area contributed by atoms with E-state index >= 15 is 0 Å². The summed E-state index contributed by atoms with van der Waals surface area (Å²) >= 11 is 0. The predicted molar refractivity (Wildman–Crippen MR) is 109 cm³/mol. The van der Waals surface area contributed by atoms with Crippen LogP contribution in [0.4, 0.5) is 0 Å². The van der Waals surface area contributed by atoms with E-state index in [1.165, 1.54) is 5.56 Å². The molecular formula is C23H29NO4. The average molecular weight is 383 g/mol. The number of rotatable bonds is 8. The largest absolute Gasteiger partial charge is 0.497 e. The molecule has 3 rings (SSSR count). The second-order valence-corrected chi connectivity index (χ2v) is 7.30. The van der Waals surface area contributed by atoms with Crippen molar-refractivity contribution in [3.8, 4) is 11.5 Å². The molecule has 1 heterocycles. The zero-order valence-electron chi connectivity index (χ0n) is 16.9. The van der Waals surface area contributed by atoms with Crippen LogP contribution >= 0.6 is 0 Å². The van der Waals surface area contributed by atoms with Crippen molar-refractivity contribution in [1.29, 1.82) is 0 Å². The third kappa shape index (κ3) is 5.49. The minimum atomic E-state index is -0.0449. The van der Waals surface area contributed by atoms with Gasteiger partial charge in [0.15, 0.2) is 6.61 Å². The van der Waals surface area contributed by atoms with Crippen LogP contribution in [0.5, 0.6) is 11.5 Å². The van der Waals surface area contributed by atoms with Crippen molar-refractivity contribution in [3.63, 3.8) is 0 Å². The second-order valence-electron chi connectivity index (χ2n) is 7.30. The van der Waals surface area contributed by atoms with E-state index in [9.17, 15) is 4.79 Å². The van der Waals surface area contributed by atoms with Crippen LogP contribution in [-0.4, -0.2) is 43.8 Å². The zero-order chi connectivity index (χ0) is 19.9. The molecule has 28 heavy (non-hydrogen) atoms. The van der Waals surface area contributed by atoms with Gasteiger partial charge in [-0.2, -0.15) is 0 Å². The van der Waals surface area contributed by atoms with E-state index in [1.807, 2.05) is 54.3 Å². The number of benzene rings is 2. The number of amides is 1. The van der Waals surface area contributed by atoms with Gasteiger partial charge in [0.25, 0.3) is 5.91 Å². The number of aryl methyl sites for hydroxylation is 2. The lowest BCUT2D eigenvalue weighted by atomic mass is 10.1. The molecule has 1 saturated heterocycles. The molecule has 0 N–H and O–H groups in total. The fraction of sp³-hybridized carbons (Fsp3) is 0.435. The minimum Gasteiger partial charge on any atom is -0.497 e. The van der Waals surface area contributed by atoms with Crippen molar-refractivity contribution >= 4 is 5.91 Å². The molecule has 1 aliphatic rings. The lowest BCUT2D eigenvalue weighted by molar-refractivity contribution is -0.135. The number of ether oxygens (including phenoxy) is 3. The van der Waals surface area contributed by atoms with Gasteiger partial charge in [-0.05, 0) is 67.6 Å². The van der Waals surface area contributed by atoms with Gasteiger partial charge in [0.2, 0.25) is 0 Å². The van der Waals surface area contributed by atoms with Crippen LogP contribution in [0.15, 0.2) is 42.5 Å². The number of hydrogen-bond donors (Lipinski definition) is 0. The summed E-state index contributed by atoms with van der Waals surface area (Å²) in [5, 5.41) is 0. The van der Waals surface area contributed by atoms with Gasteiger partial charge in [0.1, 0.15) is 11.5 Å². The highest BCUT2D eigenvalue weighted by Gasteiger charge is 2.23. The van der Waals surface area contributed by atoms with E-state index in [1.54, 1.807) is 7.11 Å². The molecule has 1 atom stereocenters. The minimum absolute atomic E-state index is 0.0131. The van der Waals surface area contributed by atoms with Crippen LogP contribution in [0.3, 0.4) is 0 Å². The Labute approximate surface area is 167 Å². The molecule has 150 valence electrons. The van der Waals surface area contributed by atoms with Gasteiger partial charge in [-0.25, -0.2) is 0 Å².